The third kappa shape index (κ3) is 4.87. The summed E-state index contributed by atoms with van der Waals surface area (Å²) in [6.45, 7) is 1.75. The van der Waals surface area contributed by atoms with Gasteiger partial charge in [-0.1, -0.05) is 15.9 Å². The summed E-state index contributed by atoms with van der Waals surface area (Å²) in [7, 11) is 0. The minimum absolute atomic E-state index is 0.0369. The molecule has 0 spiro atoms. The van der Waals surface area contributed by atoms with Crippen LogP contribution in [0, 0.1) is 0 Å². The van der Waals surface area contributed by atoms with Gasteiger partial charge in [0.2, 0.25) is 5.88 Å². The standard InChI is InChI=1S/C11H11BrF3NO4/c1-2-19-10(18)3-6-7(5-12)16-9(4-8(6)17)20-11(13,14)15/h4H,2-3,5H2,1H3,(H,16,17). The zero-order valence-corrected chi connectivity index (χ0v) is 11.9. The Morgan fingerprint density at radius 3 is 2.60 bits per heavy atom. The van der Waals surface area contributed by atoms with Gasteiger partial charge in [-0.15, -0.1) is 13.2 Å². The second kappa shape index (κ2) is 6.78. The second-order valence-electron chi connectivity index (χ2n) is 3.62. The van der Waals surface area contributed by atoms with E-state index in [1.165, 1.54) is 0 Å². The van der Waals surface area contributed by atoms with Crippen molar-refractivity contribution in [3.8, 4) is 5.88 Å². The Hall–Kier alpha value is -1.51. The van der Waals surface area contributed by atoms with Crippen LogP contribution in [0.4, 0.5) is 13.2 Å². The van der Waals surface area contributed by atoms with Crippen LogP contribution < -0.4 is 10.2 Å². The van der Waals surface area contributed by atoms with Gasteiger partial charge >= 0.3 is 12.3 Å². The molecule has 5 nitrogen and oxygen atoms in total. The van der Waals surface area contributed by atoms with Gasteiger partial charge in [-0.2, -0.15) is 0 Å². The van der Waals surface area contributed by atoms with E-state index in [0.717, 1.165) is 0 Å². The molecule has 20 heavy (non-hydrogen) atoms. The lowest BCUT2D eigenvalue weighted by Crippen LogP contribution is -2.23. The maximum atomic E-state index is 12.1. The molecule has 0 aliphatic carbocycles. The fourth-order valence-corrected chi connectivity index (χ4v) is 1.94. The van der Waals surface area contributed by atoms with E-state index in [2.05, 4.69) is 25.7 Å². The normalized spacial score (nSPS) is 11.2. The highest BCUT2D eigenvalue weighted by Gasteiger charge is 2.32. The van der Waals surface area contributed by atoms with Crippen LogP contribution in [0.15, 0.2) is 10.9 Å². The number of hydrogen-bond acceptors (Lipinski definition) is 4. The number of carbonyl (C=O) groups is 1. The molecular weight excluding hydrogens is 347 g/mol. The molecule has 0 radical (unpaired) electrons. The average molecular weight is 358 g/mol. The number of esters is 1. The van der Waals surface area contributed by atoms with Crippen molar-refractivity contribution in [2.45, 2.75) is 25.0 Å². The van der Waals surface area contributed by atoms with E-state index < -0.39 is 23.6 Å². The molecule has 0 aliphatic heterocycles. The predicted octanol–water partition coefficient (Wildman–Crippen LogP) is 2.27. The third-order valence-electron chi connectivity index (χ3n) is 2.18. The van der Waals surface area contributed by atoms with Gasteiger partial charge in [0.15, 0.2) is 5.43 Å². The number of nitrogens with one attached hydrogen (secondary N) is 1. The molecule has 0 bridgehead atoms. The summed E-state index contributed by atoms with van der Waals surface area (Å²) in [5.41, 5.74) is -0.565. The van der Waals surface area contributed by atoms with Crippen LogP contribution in [-0.2, 0) is 21.3 Å². The van der Waals surface area contributed by atoms with Crippen molar-refractivity contribution in [3.05, 3.63) is 27.5 Å². The maximum absolute atomic E-state index is 12.1. The molecular formula is C11H11BrF3NO4. The fourth-order valence-electron chi connectivity index (χ4n) is 1.46. The first-order chi connectivity index (χ1) is 9.26. The molecule has 1 rings (SSSR count). The maximum Gasteiger partial charge on any atom is 0.574 e. The molecule has 1 N–H and O–H groups in total. The Bertz CT molecular complexity index is 541. The summed E-state index contributed by atoms with van der Waals surface area (Å²) in [6.07, 6.45) is -5.23. The van der Waals surface area contributed by atoms with Crippen LogP contribution in [0.5, 0.6) is 5.88 Å². The number of aromatic nitrogens is 1. The van der Waals surface area contributed by atoms with E-state index in [1.807, 2.05) is 0 Å². The molecule has 0 atom stereocenters. The summed E-state index contributed by atoms with van der Waals surface area (Å²) in [4.78, 5) is 25.4. The van der Waals surface area contributed by atoms with Crippen molar-refractivity contribution >= 4 is 21.9 Å². The van der Waals surface area contributed by atoms with E-state index in [-0.39, 0.29) is 29.6 Å². The highest BCUT2D eigenvalue weighted by atomic mass is 79.9. The number of H-pyrrole nitrogens is 1. The number of ether oxygens (including phenoxy) is 2. The average Bonchev–Trinajstić information content (AvgIpc) is 2.30. The number of pyridine rings is 1. The van der Waals surface area contributed by atoms with Crippen molar-refractivity contribution in [2.24, 2.45) is 0 Å². The minimum Gasteiger partial charge on any atom is -0.466 e. The highest BCUT2D eigenvalue weighted by molar-refractivity contribution is 9.08. The van der Waals surface area contributed by atoms with Gasteiger partial charge in [0.25, 0.3) is 0 Å². The van der Waals surface area contributed by atoms with Crippen LogP contribution in [-0.4, -0.2) is 23.9 Å². The van der Waals surface area contributed by atoms with E-state index in [0.29, 0.717) is 6.07 Å². The van der Waals surface area contributed by atoms with E-state index >= 15 is 0 Å². The molecule has 0 aliphatic rings. The SMILES string of the molecule is CCOC(=O)Cc1c(CBr)[nH]c(OC(F)(F)F)cc1=O. The lowest BCUT2D eigenvalue weighted by atomic mass is 10.1. The Labute approximate surface area is 120 Å². The van der Waals surface area contributed by atoms with Crippen molar-refractivity contribution in [2.75, 3.05) is 6.61 Å². The Balaban J connectivity index is 3.08. The van der Waals surface area contributed by atoms with Gasteiger partial charge in [0, 0.05) is 22.7 Å². The predicted molar refractivity (Wildman–Crippen MR) is 66.7 cm³/mol. The quantitative estimate of drug-likeness (QED) is 0.648. The molecule has 9 heteroatoms. The van der Waals surface area contributed by atoms with Crippen molar-refractivity contribution in [1.82, 2.24) is 4.98 Å². The molecule has 0 aromatic carbocycles. The Kier molecular flexibility index (Phi) is 5.61. The zero-order chi connectivity index (χ0) is 15.3. The number of alkyl halides is 4. The molecule has 1 heterocycles. The first kappa shape index (κ1) is 16.5. The largest absolute Gasteiger partial charge is 0.574 e. The Morgan fingerprint density at radius 1 is 1.45 bits per heavy atom. The van der Waals surface area contributed by atoms with Gasteiger partial charge in [-0.05, 0) is 6.92 Å². The van der Waals surface area contributed by atoms with E-state index in [4.69, 9.17) is 4.74 Å². The molecule has 0 unspecified atom stereocenters. The summed E-state index contributed by atoms with van der Waals surface area (Å²) >= 11 is 3.03. The van der Waals surface area contributed by atoms with Gasteiger partial charge in [0.05, 0.1) is 13.0 Å². The molecule has 0 saturated carbocycles. The van der Waals surface area contributed by atoms with Crippen LogP contribution in [0.25, 0.3) is 0 Å². The van der Waals surface area contributed by atoms with E-state index in [1.54, 1.807) is 6.92 Å². The summed E-state index contributed by atoms with van der Waals surface area (Å²) in [5, 5.41) is 0.0615. The molecule has 0 saturated heterocycles. The fraction of sp³-hybridized carbons (Fsp3) is 0.455. The van der Waals surface area contributed by atoms with Crippen molar-refractivity contribution in [3.63, 3.8) is 0 Å². The van der Waals surface area contributed by atoms with Gasteiger partial charge in [0.1, 0.15) is 0 Å². The lowest BCUT2D eigenvalue weighted by Gasteiger charge is -2.12. The molecule has 0 amide bonds. The minimum atomic E-state index is -4.91. The summed E-state index contributed by atoms with van der Waals surface area (Å²) < 4.78 is 44.6. The van der Waals surface area contributed by atoms with Crippen LogP contribution in [0.2, 0.25) is 0 Å². The molecule has 112 valence electrons. The van der Waals surface area contributed by atoms with Crippen molar-refractivity contribution < 1.29 is 27.4 Å². The molecule has 1 aromatic rings. The highest BCUT2D eigenvalue weighted by Crippen LogP contribution is 2.21. The number of hydrogen-bond donors (Lipinski definition) is 1. The van der Waals surface area contributed by atoms with E-state index in [9.17, 15) is 22.8 Å². The number of halogens is 4. The first-order valence-corrected chi connectivity index (χ1v) is 6.61. The van der Waals surface area contributed by atoms with Gasteiger partial charge in [-0.3, -0.25) is 9.59 Å². The topological polar surface area (TPSA) is 68.4 Å². The first-order valence-electron chi connectivity index (χ1n) is 5.49. The molecule has 1 aromatic heterocycles. The summed E-state index contributed by atoms with van der Waals surface area (Å²) in [6, 6.07) is 0.647. The third-order valence-corrected chi connectivity index (χ3v) is 2.74. The van der Waals surface area contributed by atoms with Crippen LogP contribution in [0.3, 0.4) is 0 Å². The zero-order valence-electron chi connectivity index (χ0n) is 10.3. The Morgan fingerprint density at radius 2 is 2.10 bits per heavy atom. The second-order valence-corrected chi connectivity index (χ2v) is 4.18. The van der Waals surface area contributed by atoms with Gasteiger partial charge < -0.3 is 14.5 Å². The summed E-state index contributed by atoms with van der Waals surface area (Å²) in [5.74, 6) is -1.37. The number of carbonyl (C=O) groups excluding carboxylic acids is 1. The monoisotopic (exact) mass is 357 g/mol. The lowest BCUT2D eigenvalue weighted by molar-refractivity contribution is -0.276. The molecule has 0 fully saturated rings. The van der Waals surface area contributed by atoms with Crippen molar-refractivity contribution in [1.29, 1.82) is 0 Å². The van der Waals surface area contributed by atoms with Crippen LogP contribution >= 0.6 is 15.9 Å². The van der Waals surface area contributed by atoms with Gasteiger partial charge in [-0.25, -0.2) is 0 Å². The smallest absolute Gasteiger partial charge is 0.466 e. The number of aromatic amines is 1. The van der Waals surface area contributed by atoms with Crippen LogP contribution in [0.1, 0.15) is 18.2 Å². The number of rotatable bonds is 5.